The maximum absolute atomic E-state index is 13.0. The van der Waals surface area contributed by atoms with Crippen LogP contribution in [0.5, 0.6) is 0 Å². The van der Waals surface area contributed by atoms with Gasteiger partial charge in [0.1, 0.15) is 0 Å². The number of sulfonamides is 1. The summed E-state index contributed by atoms with van der Waals surface area (Å²) in [5.41, 5.74) is -1.26. The van der Waals surface area contributed by atoms with E-state index in [0.29, 0.717) is 12.8 Å². The molecule has 1 aromatic carbocycles. The van der Waals surface area contributed by atoms with Crippen LogP contribution in [0.1, 0.15) is 24.8 Å². The number of fused-ring (bicyclic) bond motifs is 1. The summed E-state index contributed by atoms with van der Waals surface area (Å²) in [6, 6.07) is 4.09. The van der Waals surface area contributed by atoms with Gasteiger partial charge in [0.2, 0.25) is 10.0 Å². The lowest BCUT2D eigenvalue weighted by Gasteiger charge is -2.23. The molecule has 2 atom stereocenters. The molecule has 3 rings (SSSR count). The number of nitrogens with zero attached hydrogens (tertiary/aromatic N) is 2. The molecule has 24 heavy (non-hydrogen) atoms. The molecule has 0 spiro atoms. The Bertz CT molecular complexity index is 821. The maximum atomic E-state index is 13.0. The monoisotopic (exact) mass is 354 g/mol. The Morgan fingerprint density at radius 1 is 1.46 bits per heavy atom. The predicted octanol–water partition coefficient (Wildman–Crippen LogP) is 1.78. The van der Waals surface area contributed by atoms with Gasteiger partial charge in [0.25, 0.3) is 5.69 Å². The molecule has 1 aliphatic heterocycles. The van der Waals surface area contributed by atoms with Gasteiger partial charge in [0, 0.05) is 19.2 Å². The molecular formula is C15H18N2O6S. The van der Waals surface area contributed by atoms with Crippen LogP contribution in [0.25, 0.3) is 0 Å². The summed E-state index contributed by atoms with van der Waals surface area (Å²) in [6.45, 7) is 1.48. The minimum atomic E-state index is -4.13. The molecule has 0 amide bonds. The molecular weight excluding hydrogens is 336 g/mol. The number of aryl methyl sites for hydroxylation is 1. The molecule has 2 aliphatic rings. The van der Waals surface area contributed by atoms with Crippen molar-refractivity contribution in [2.45, 2.75) is 31.1 Å². The molecule has 130 valence electrons. The van der Waals surface area contributed by atoms with Gasteiger partial charge in [-0.1, -0.05) is 18.6 Å². The van der Waals surface area contributed by atoms with E-state index >= 15 is 0 Å². The zero-order valence-corrected chi connectivity index (χ0v) is 14.0. The molecule has 1 N–H and O–H groups in total. The molecule has 0 radical (unpaired) electrons. The van der Waals surface area contributed by atoms with Crippen LogP contribution < -0.4 is 0 Å². The van der Waals surface area contributed by atoms with Crippen molar-refractivity contribution in [2.24, 2.45) is 11.3 Å². The molecule has 2 fully saturated rings. The van der Waals surface area contributed by atoms with Crippen LogP contribution in [-0.2, 0) is 14.8 Å². The lowest BCUT2D eigenvalue weighted by Crippen LogP contribution is -2.37. The molecule has 1 aromatic rings. The van der Waals surface area contributed by atoms with Crippen LogP contribution in [0.15, 0.2) is 23.1 Å². The number of carboxylic acids is 1. The van der Waals surface area contributed by atoms with E-state index in [4.69, 9.17) is 0 Å². The lowest BCUT2D eigenvalue weighted by molar-refractivity contribution is -0.387. The van der Waals surface area contributed by atoms with Gasteiger partial charge in [-0.3, -0.25) is 14.9 Å². The largest absolute Gasteiger partial charge is 0.481 e. The fourth-order valence-electron chi connectivity index (χ4n) is 4.02. The second kappa shape index (κ2) is 5.52. The summed E-state index contributed by atoms with van der Waals surface area (Å²) in [7, 11) is -4.13. The molecule has 1 saturated heterocycles. The summed E-state index contributed by atoms with van der Waals surface area (Å²) >= 11 is 0. The van der Waals surface area contributed by atoms with E-state index < -0.39 is 32.0 Å². The van der Waals surface area contributed by atoms with Crippen molar-refractivity contribution in [3.63, 3.8) is 0 Å². The second-order valence-corrected chi connectivity index (χ2v) is 8.40. The van der Waals surface area contributed by atoms with Gasteiger partial charge >= 0.3 is 5.97 Å². The third-order valence-corrected chi connectivity index (χ3v) is 7.26. The SMILES string of the molecule is Cc1cccc([N+](=O)[O-])c1S(=O)(=O)N1C[C@@H]2CCC[C@@]2(C(=O)O)C1. The van der Waals surface area contributed by atoms with Gasteiger partial charge in [-0.05, 0) is 31.2 Å². The van der Waals surface area contributed by atoms with Gasteiger partial charge in [0.15, 0.2) is 4.90 Å². The maximum Gasteiger partial charge on any atom is 0.311 e. The Kier molecular flexibility index (Phi) is 3.88. The Labute approximate surface area is 139 Å². The highest BCUT2D eigenvalue weighted by Gasteiger charge is 2.57. The number of nitro benzene ring substituents is 1. The van der Waals surface area contributed by atoms with Crippen molar-refractivity contribution in [1.29, 1.82) is 0 Å². The summed E-state index contributed by atoms with van der Waals surface area (Å²) in [5, 5.41) is 20.8. The Hall–Kier alpha value is -2.00. The summed E-state index contributed by atoms with van der Waals surface area (Å²) < 4.78 is 27.1. The number of rotatable bonds is 4. The third kappa shape index (κ3) is 2.30. The topological polar surface area (TPSA) is 118 Å². The van der Waals surface area contributed by atoms with E-state index in [-0.39, 0.29) is 29.5 Å². The van der Waals surface area contributed by atoms with E-state index in [9.17, 15) is 28.4 Å². The van der Waals surface area contributed by atoms with Crippen molar-refractivity contribution >= 4 is 21.7 Å². The smallest absolute Gasteiger partial charge is 0.311 e. The van der Waals surface area contributed by atoms with Gasteiger partial charge in [-0.25, -0.2) is 8.42 Å². The number of hydrogen-bond donors (Lipinski definition) is 1. The van der Waals surface area contributed by atoms with Crippen molar-refractivity contribution in [3.05, 3.63) is 33.9 Å². The number of hydrogen-bond acceptors (Lipinski definition) is 5. The van der Waals surface area contributed by atoms with Gasteiger partial charge in [-0.15, -0.1) is 0 Å². The number of carboxylic acid groups (broad SMARTS) is 1. The van der Waals surface area contributed by atoms with E-state index in [2.05, 4.69) is 0 Å². The van der Waals surface area contributed by atoms with Crippen LogP contribution in [0.4, 0.5) is 5.69 Å². The number of nitro groups is 1. The van der Waals surface area contributed by atoms with Crippen LogP contribution >= 0.6 is 0 Å². The minimum Gasteiger partial charge on any atom is -0.481 e. The first kappa shape index (κ1) is 16.8. The average molecular weight is 354 g/mol. The van der Waals surface area contributed by atoms with Crippen molar-refractivity contribution in [3.8, 4) is 0 Å². The second-order valence-electron chi connectivity index (χ2n) is 6.53. The van der Waals surface area contributed by atoms with E-state index in [1.165, 1.54) is 19.1 Å². The average Bonchev–Trinajstić information content (AvgIpc) is 3.04. The summed E-state index contributed by atoms with van der Waals surface area (Å²) in [5.74, 6) is -1.23. The molecule has 1 aliphatic carbocycles. The molecule has 0 aromatic heterocycles. The fourth-order valence-corrected chi connectivity index (χ4v) is 5.94. The highest BCUT2D eigenvalue weighted by atomic mass is 32.2. The van der Waals surface area contributed by atoms with Crippen LogP contribution in [0.2, 0.25) is 0 Å². The minimum absolute atomic E-state index is 0.0973. The number of benzene rings is 1. The van der Waals surface area contributed by atoms with E-state index in [1.807, 2.05) is 0 Å². The first-order valence-corrected chi connectivity index (χ1v) is 9.12. The van der Waals surface area contributed by atoms with Gasteiger partial charge in [0.05, 0.1) is 10.3 Å². The predicted molar refractivity (Wildman–Crippen MR) is 84.0 cm³/mol. The van der Waals surface area contributed by atoms with Gasteiger partial charge in [-0.2, -0.15) is 4.31 Å². The molecule has 1 heterocycles. The normalized spacial score (nSPS) is 27.1. The quantitative estimate of drug-likeness (QED) is 0.650. The fraction of sp³-hybridized carbons (Fsp3) is 0.533. The number of aliphatic carboxylic acids is 1. The van der Waals surface area contributed by atoms with Crippen LogP contribution in [-0.4, -0.2) is 41.8 Å². The highest BCUT2D eigenvalue weighted by Crippen LogP contribution is 2.50. The van der Waals surface area contributed by atoms with Crippen LogP contribution in [0, 0.1) is 28.4 Å². The first-order valence-electron chi connectivity index (χ1n) is 7.68. The summed E-state index contributed by atoms with van der Waals surface area (Å²) in [4.78, 5) is 21.9. The molecule has 9 heteroatoms. The standard InChI is InChI=1S/C15H18N2O6S/c1-10-4-2-6-12(17(20)21)13(10)24(22,23)16-8-11-5-3-7-15(11,9-16)14(18)19/h2,4,6,11H,3,5,7-9H2,1H3,(H,18,19)/t11-,15+/m0/s1. The lowest BCUT2D eigenvalue weighted by atomic mass is 9.81. The molecule has 0 unspecified atom stereocenters. The Balaban J connectivity index is 2.05. The van der Waals surface area contributed by atoms with Crippen molar-refractivity contribution in [1.82, 2.24) is 4.31 Å². The molecule has 1 saturated carbocycles. The van der Waals surface area contributed by atoms with E-state index in [0.717, 1.165) is 16.8 Å². The highest BCUT2D eigenvalue weighted by molar-refractivity contribution is 7.89. The number of carbonyl (C=O) groups is 1. The van der Waals surface area contributed by atoms with Gasteiger partial charge < -0.3 is 5.11 Å². The Morgan fingerprint density at radius 3 is 2.75 bits per heavy atom. The Morgan fingerprint density at radius 2 is 2.17 bits per heavy atom. The zero-order valence-electron chi connectivity index (χ0n) is 13.1. The van der Waals surface area contributed by atoms with Crippen LogP contribution in [0.3, 0.4) is 0 Å². The summed E-state index contributed by atoms with van der Waals surface area (Å²) in [6.07, 6.45) is 1.86. The third-order valence-electron chi connectivity index (χ3n) is 5.25. The molecule has 8 nitrogen and oxygen atoms in total. The van der Waals surface area contributed by atoms with E-state index in [1.54, 1.807) is 0 Å². The van der Waals surface area contributed by atoms with Crippen molar-refractivity contribution < 1.29 is 23.2 Å². The zero-order chi connectivity index (χ0) is 17.7. The molecule has 0 bridgehead atoms. The van der Waals surface area contributed by atoms with Crippen molar-refractivity contribution in [2.75, 3.05) is 13.1 Å². The first-order chi connectivity index (χ1) is 11.2.